The lowest BCUT2D eigenvalue weighted by Gasteiger charge is -2.17. The molecule has 0 bridgehead atoms. The maximum Gasteiger partial charge on any atom is 0.335 e. The van der Waals surface area contributed by atoms with E-state index in [1.807, 2.05) is 6.92 Å². The van der Waals surface area contributed by atoms with Crippen LogP contribution in [0.2, 0.25) is 0 Å². The Morgan fingerprint density at radius 2 is 1.68 bits per heavy atom. The molecule has 1 unspecified atom stereocenters. The zero-order valence-electron chi connectivity index (χ0n) is 24.0. The predicted octanol–water partition coefficient (Wildman–Crippen LogP) is 4.59. The lowest BCUT2D eigenvalue weighted by molar-refractivity contribution is 0.102. The summed E-state index contributed by atoms with van der Waals surface area (Å²) in [6.07, 6.45) is 1.76. The number of fused-ring (bicyclic) bond motifs is 1. The number of halogens is 2. The van der Waals surface area contributed by atoms with Crippen molar-refractivity contribution in [2.45, 2.75) is 26.0 Å². The summed E-state index contributed by atoms with van der Waals surface area (Å²) in [5, 5.41) is 14.2. The van der Waals surface area contributed by atoms with Crippen LogP contribution in [-0.4, -0.2) is 39.4 Å². The molecule has 2 N–H and O–H groups in total. The second-order valence-corrected chi connectivity index (χ2v) is 9.85. The van der Waals surface area contributed by atoms with Crippen molar-refractivity contribution < 1.29 is 28.2 Å². The lowest BCUT2D eigenvalue weighted by atomic mass is 9.97. The molecule has 0 saturated carbocycles. The topological polar surface area (TPSA) is 125 Å². The molecule has 226 valence electrons. The number of anilines is 1. The summed E-state index contributed by atoms with van der Waals surface area (Å²) in [5.74, 6) is -1.41. The normalized spacial score (nSPS) is 11.8. The maximum absolute atomic E-state index is 15.4. The van der Waals surface area contributed by atoms with Crippen LogP contribution in [0.15, 0.2) is 82.6 Å². The highest BCUT2D eigenvalue weighted by molar-refractivity contribution is 6.03. The molecule has 3 aromatic carbocycles. The van der Waals surface area contributed by atoms with Gasteiger partial charge in [0.15, 0.2) is 11.5 Å². The average Bonchev–Trinajstić information content (AvgIpc) is 3.02. The van der Waals surface area contributed by atoms with Crippen molar-refractivity contribution in [1.29, 1.82) is 0 Å². The number of nitrogens with zero attached hydrogens (tertiary/aromatic N) is 3. The smallest absolute Gasteiger partial charge is 0.335 e. The van der Waals surface area contributed by atoms with Crippen molar-refractivity contribution in [3.05, 3.63) is 122 Å². The number of aliphatic hydroxyl groups is 1. The van der Waals surface area contributed by atoms with E-state index in [9.17, 15) is 23.9 Å². The largest absolute Gasteiger partial charge is 0.493 e. The van der Waals surface area contributed by atoms with E-state index in [1.165, 1.54) is 49.2 Å². The first-order chi connectivity index (χ1) is 21.2. The third kappa shape index (κ3) is 5.66. The van der Waals surface area contributed by atoms with E-state index in [2.05, 4.69) is 10.3 Å². The van der Waals surface area contributed by atoms with Gasteiger partial charge in [-0.3, -0.25) is 19.1 Å². The molecule has 0 saturated heterocycles. The number of carbonyl (C=O) groups is 1. The first-order valence-electron chi connectivity index (χ1n) is 13.6. The highest BCUT2D eigenvalue weighted by atomic mass is 19.1. The van der Waals surface area contributed by atoms with Crippen LogP contribution in [0.1, 0.15) is 40.9 Å². The number of benzene rings is 3. The zero-order valence-corrected chi connectivity index (χ0v) is 24.0. The Kier molecular flexibility index (Phi) is 8.54. The standard InChI is InChI=1S/C32H28F2N4O6/c1-4-13-37-17-24(31(41)38(32(37)42)20-8-5-18(33)6-9-20)30(40)36-19-7-10-22(25(34)14-19)29(39)21-11-12-35-26-16-28(44-3)27(43-2)15-23(21)26/h5-12,14-17,29,39H,4,13H2,1-3H3,(H,36,40). The molecule has 44 heavy (non-hydrogen) atoms. The predicted molar refractivity (Wildman–Crippen MR) is 160 cm³/mol. The molecular formula is C32H28F2N4O6. The van der Waals surface area contributed by atoms with E-state index < -0.39 is 34.9 Å². The molecule has 0 fully saturated rings. The van der Waals surface area contributed by atoms with Gasteiger partial charge in [0.1, 0.15) is 23.3 Å². The Hall–Kier alpha value is -5.36. The third-order valence-electron chi connectivity index (χ3n) is 7.08. The molecule has 0 aliphatic carbocycles. The highest BCUT2D eigenvalue weighted by Gasteiger charge is 2.22. The summed E-state index contributed by atoms with van der Waals surface area (Å²) in [4.78, 5) is 43.9. The Balaban J connectivity index is 1.47. The minimum atomic E-state index is -1.40. The summed E-state index contributed by atoms with van der Waals surface area (Å²) in [7, 11) is 2.96. The summed E-state index contributed by atoms with van der Waals surface area (Å²) in [5.41, 5.74) is -1.09. The number of pyridine rings is 1. The average molecular weight is 603 g/mol. The SMILES string of the molecule is CCCn1cc(C(=O)Nc2ccc(C(O)c3ccnc4cc(OC)c(OC)cc34)c(F)c2)c(=O)n(-c2ccc(F)cc2)c1=O. The molecule has 5 rings (SSSR count). The number of amides is 1. The molecule has 0 aliphatic heterocycles. The molecule has 10 nitrogen and oxygen atoms in total. The highest BCUT2D eigenvalue weighted by Crippen LogP contribution is 2.36. The number of ether oxygens (including phenoxy) is 2. The molecule has 1 amide bonds. The van der Waals surface area contributed by atoms with Gasteiger partial charge in [-0.05, 0) is 60.5 Å². The minimum Gasteiger partial charge on any atom is -0.493 e. The van der Waals surface area contributed by atoms with Gasteiger partial charge in [0.2, 0.25) is 0 Å². The van der Waals surface area contributed by atoms with Crippen LogP contribution in [0, 0.1) is 11.6 Å². The van der Waals surface area contributed by atoms with Crippen molar-refractivity contribution in [3.8, 4) is 17.2 Å². The fourth-order valence-electron chi connectivity index (χ4n) is 4.90. The lowest BCUT2D eigenvalue weighted by Crippen LogP contribution is -2.42. The number of aryl methyl sites for hydroxylation is 1. The van der Waals surface area contributed by atoms with Crippen LogP contribution < -0.4 is 26.0 Å². The molecule has 2 heterocycles. The molecule has 0 spiro atoms. The number of methoxy groups -OCH3 is 2. The number of rotatable bonds is 9. The molecule has 0 aliphatic rings. The second kappa shape index (κ2) is 12.5. The first kappa shape index (κ1) is 30.1. The monoisotopic (exact) mass is 602 g/mol. The Morgan fingerprint density at radius 1 is 0.977 bits per heavy atom. The van der Waals surface area contributed by atoms with Gasteiger partial charge in [0, 0.05) is 41.6 Å². The van der Waals surface area contributed by atoms with Crippen LogP contribution >= 0.6 is 0 Å². The van der Waals surface area contributed by atoms with E-state index in [0.29, 0.717) is 34.4 Å². The van der Waals surface area contributed by atoms with Gasteiger partial charge in [-0.25, -0.2) is 18.1 Å². The summed E-state index contributed by atoms with van der Waals surface area (Å²) in [6, 6.07) is 13.3. The van der Waals surface area contributed by atoms with Crippen molar-refractivity contribution in [1.82, 2.24) is 14.1 Å². The van der Waals surface area contributed by atoms with Gasteiger partial charge in [0.25, 0.3) is 11.5 Å². The van der Waals surface area contributed by atoms with Crippen LogP contribution in [0.4, 0.5) is 14.5 Å². The van der Waals surface area contributed by atoms with Gasteiger partial charge in [-0.1, -0.05) is 13.0 Å². The number of aromatic nitrogens is 3. The molecule has 12 heteroatoms. The van der Waals surface area contributed by atoms with Crippen molar-refractivity contribution in [2.75, 3.05) is 19.5 Å². The number of hydrogen-bond donors (Lipinski definition) is 2. The van der Waals surface area contributed by atoms with Crippen LogP contribution in [-0.2, 0) is 6.54 Å². The minimum absolute atomic E-state index is 0.00964. The fourth-order valence-corrected chi connectivity index (χ4v) is 4.90. The summed E-state index contributed by atoms with van der Waals surface area (Å²) < 4.78 is 41.6. The van der Waals surface area contributed by atoms with Gasteiger partial charge in [0.05, 0.1) is 25.4 Å². The van der Waals surface area contributed by atoms with Gasteiger partial charge in [-0.2, -0.15) is 0 Å². The van der Waals surface area contributed by atoms with Crippen molar-refractivity contribution in [3.63, 3.8) is 0 Å². The Labute approximate surface area is 249 Å². The van der Waals surface area contributed by atoms with E-state index in [-0.39, 0.29) is 29.0 Å². The van der Waals surface area contributed by atoms with E-state index in [1.54, 1.807) is 18.2 Å². The summed E-state index contributed by atoms with van der Waals surface area (Å²) in [6.45, 7) is 2.03. The quantitative estimate of drug-likeness (QED) is 0.253. The van der Waals surface area contributed by atoms with Gasteiger partial charge >= 0.3 is 5.69 Å². The number of hydrogen-bond acceptors (Lipinski definition) is 7. The molecular weight excluding hydrogens is 574 g/mol. The van der Waals surface area contributed by atoms with E-state index >= 15 is 4.39 Å². The summed E-state index contributed by atoms with van der Waals surface area (Å²) >= 11 is 0. The van der Waals surface area contributed by atoms with Crippen LogP contribution in [0.5, 0.6) is 11.5 Å². The zero-order chi connectivity index (χ0) is 31.5. The van der Waals surface area contributed by atoms with Crippen molar-refractivity contribution >= 4 is 22.5 Å². The Morgan fingerprint density at radius 3 is 2.34 bits per heavy atom. The number of aliphatic hydroxyl groups excluding tert-OH is 1. The van der Waals surface area contributed by atoms with Crippen molar-refractivity contribution in [2.24, 2.45) is 0 Å². The molecule has 1 atom stereocenters. The number of carbonyl (C=O) groups excluding carboxylic acids is 1. The van der Waals surface area contributed by atoms with Gasteiger partial charge < -0.3 is 19.9 Å². The second-order valence-electron chi connectivity index (χ2n) is 9.85. The van der Waals surface area contributed by atoms with Crippen LogP contribution in [0.25, 0.3) is 16.6 Å². The van der Waals surface area contributed by atoms with Gasteiger partial charge in [-0.15, -0.1) is 0 Å². The molecule has 0 radical (unpaired) electrons. The third-order valence-corrected chi connectivity index (χ3v) is 7.08. The molecule has 5 aromatic rings. The fraction of sp³-hybridized carbons (Fsp3) is 0.188. The maximum atomic E-state index is 15.4. The first-order valence-corrected chi connectivity index (χ1v) is 13.6. The van der Waals surface area contributed by atoms with Crippen LogP contribution in [0.3, 0.4) is 0 Å². The molecule has 2 aromatic heterocycles. The number of nitrogens with one attached hydrogen (secondary N) is 1. The van der Waals surface area contributed by atoms with E-state index in [4.69, 9.17) is 9.47 Å². The Bertz CT molecular complexity index is 1990. The van der Waals surface area contributed by atoms with E-state index in [0.717, 1.165) is 29.0 Å².